The van der Waals surface area contributed by atoms with E-state index in [0.717, 1.165) is 23.4 Å². The lowest BCUT2D eigenvalue weighted by Gasteiger charge is -2.35. The number of aromatic nitrogens is 3. The minimum atomic E-state index is -0.0526. The van der Waals surface area contributed by atoms with E-state index in [1.807, 2.05) is 41.3 Å². The molecule has 2 aromatic heterocycles. The number of benzene rings is 1. The van der Waals surface area contributed by atoms with Crippen molar-refractivity contribution in [3.8, 4) is 22.8 Å². The molecule has 1 amide bonds. The molecule has 0 unspecified atom stereocenters. The van der Waals surface area contributed by atoms with Crippen molar-refractivity contribution >= 4 is 28.7 Å². The average Bonchev–Trinajstić information content (AvgIpc) is 3.42. The van der Waals surface area contributed by atoms with Gasteiger partial charge in [-0.1, -0.05) is 0 Å². The topological polar surface area (TPSA) is 116 Å². The summed E-state index contributed by atoms with van der Waals surface area (Å²) >= 11 is 0. The number of amides is 1. The number of nitrogen functional groups attached to an aromatic ring is 1. The molecule has 0 bridgehead atoms. The Morgan fingerprint density at radius 1 is 0.882 bits per heavy atom. The molecule has 0 atom stereocenters. The minimum absolute atomic E-state index is 0.0526. The zero-order valence-corrected chi connectivity index (χ0v) is 18.6. The first kappa shape index (κ1) is 20.5. The summed E-state index contributed by atoms with van der Waals surface area (Å²) in [5.74, 6) is 2.71. The minimum Gasteiger partial charge on any atom is -0.488 e. The quantitative estimate of drug-likeness (QED) is 0.626. The third-order valence-electron chi connectivity index (χ3n) is 6.16. The van der Waals surface area contributed by atoms with Crippen molar-refractivity contribution < 1.29 is 19.0 Å². The molecule has 1 aromatic carbocycles. The Hall–Kier alpha value is -4.08. The van der Waals surface area contributed by atoms with Gasteiger partial charge in [0.2, 0.25) is 5.95 Å². The van der Waals surface area contributed by atoms with Crippen LogP contribution in [0.25, 0.3) is 22.3 Å². The van der Waals surface area contributed by atoms with Crippen molar-refractivity contribution in [3.05, 3.63) is 42.2 Å². The predicted octanol–water partition coefficient (Wildman–Crippen LogP) is 2.00. The van der Waals surface area contributed by atoms with Gasteiger partial charge in [0.1, 0.15) is 18.7 Å². The van der Waals surface area contributed by atoms with Gasteiger partial charge < -0.3 is 29.7 Å². The smallest absolute Gasteiger partial charge is 0.288 e. The van der Waals surface area contributed by atoms with Gasteiger partial charge in [-0.3, -0.25) is 4.79 Å². The molecule has 3 aliphatic heterocycles. The van der Waals surface area contributed by atoms with Gasteiger partial charge in [0.25, 0.3) is 5.91 Å². The summed E-state index contributed by atoms with van der Waals surface area (Å²) in [4.78, 5) is 30.4. The van der Waals surface area contributed by atoms with Crippen LogP contribution in [0.2, 0.25) is 0 Å². The normalized spacial score (nSPS) is 17.5. The molecule has 6 rings (SSSR count). The van der Waals surface area contributed by atoms with E-state index in [1.54, 1.807) is 0 Å². The number of piperazine rings is 1. The van der Waals surface area contributed by atoms with E-state index in [-0.39, 0.29) is 11.9 Å². The number of hydrogen-bond donors (Lipinski definition) is 1. The van der Waals surface area contributed by atoms with Crippen LogP contribution in [0, 0.1) is 0 Å². The van der Waals surface area contributed by atoms with Crippen LogP contribution in [0.3, 0.4) is 0 Å². The Kier molecular flexibility index (Phi) is 5.05. The molecule has 5 heterocycles. The second-order valence-corrected chi connectivity index (χ2v) is 8.31. The second kappa shape index (κ2) is 8.36. The van der Waals surface area contributed by atoms with Crippen LogP contribution in [0.5, 0.6) is 11.5 Å². The van der Waals surface area contributed by atoms with Crippen molar-refractivity contribution in [2.75, 3.05) is 56.6 Å². The predicted molar refractivity (Wildman–Crippen MR) is 126 cm³/mol. The highest BCUT2D eigenvalue weighted by Crippen LogP contribution is 2.35. The van der Waals surface area contributed by atoms with Crippen molar-refractivity contribution in [2.45, 2.75) is 6.42 Å². The van der Waals surface area contributed by atoms with Gasteiger partial charge >= 0.3 is 0 Å². The molecular formula is C24H24N6O4. The molecule has 3 aromatic rings. The van der Waals surface area contributed by atoms with E-state index in [4.69, 9.17) is 24.9 Å². The molecule has 0 spiro atoms. The fourth-order valence-electron chi connectivity index (χ4n) is 4.44. The van der Waals surface area contributed by atoms with E-state index in [2.05, 4.69) is 14.9 Å². The average molecular weight is 460 g/mol. The molecule has 3 aliphatic rings. The summed E-state index contributed by atoms with van der Waals surface area (Å²) < 4.78 is 16.8. The maximum atomic E-state index is 12.7. The third-order valence-corrected chi connectivity index (χ3v) is 6.16. The Morgan fingerprint density at radius 2 is 1.71 bits per heavy atom. The lowest BCUT2D eigenvalue weighted by atomic mass is 10.1. The van der Waals surface area contributed by atoms with Crippen LogP contribution < -0.4 is 20.1 Å². The van der Waals surface area contributed by atoms with Crippen LogP contribution in [-0.4, -0.2) is 71.8 Å². The number of rotatable bonds is 3. The highest BCUT2D eigenvalue weighted by Gasteiger charge is 2.28. The maximum absolute atomic E-state index is 12.7. The van der Waals surface area contributed by atoms with Gasteiger partial charge in [0, 0.05) is 38.2 Å². The van der Waals surface area contributed by atoms with E-state index >= 15 is 0 Å². The standard InChI is InChI=1S/C24H24N6O4/c25-24-27-17-5-4-16(15-3-6-18-20(14-15)34-13-12-33-18)26-21(17)22(28-24)29-7-9-30(10-8-29)23(31)19-2-1-11-32-19/h2-6,14H,1,7-13H2,(H2,25,27,28). The van der Waals surface area contributed by atoms with Crippen LogP contribution in [0.4, 0.5) is 11.8 Å². The zero-order valence-electron chi connectivity index (χ0n) is 18.6. The number of nitrogens with two attached hydrogens (primary N) is 1. The summed E-state index contributed by atoms with van der Waals surface area (Å²) in [7, 11) is 0. The number of nitrogens with zero attached hydrogens (tertiary/aromatic N) is 5. The van der Waals surface area contributed by atoms with E-state index < -0.39 is 0 Å². The second-order valence-electron chi connectivity index (χ2n) is 8.31. The van der Waals surface area contributed by atoms with Crippen LogP contribution in [0.1, 0.15) is 6.42 Å². The Labute approximate surface area is 195 Å². The fourth-order valence-corrected chi connectivity index (χ4v) is 4.44. The molecule has 34 heavy (non-hydrogen) atoms. The Bertz CT molecular complexity index is 1300. The first-order chi connectivity index (χ1) is 16.7. The van der Waals surface area contributed by atoms with Crippen molar-refractivity contribution in [2.24, 2.45) is 0 Å². The van der Waals surface area contributed by atoms with Gasteiger partial charge in [0.05, 0.1) is 17.8 Å². The van der Waals surface area contributed by atoms with E-state index in [1.165, 1.54) is 0 Å². The lowest BCUT2D eigenvalue weighted by Crippen LogP contribution is -2.49. The van der Waals surface area contributed by atoms with Crippen molar-refractivity contribution in [1.82, 2.24) is 19.9 Å². The molecule has 0 radical (unpaired) electrons. The first-order valence-electron chi connectivity index (χ1n) is 11.4. The number of ether oxygens (including phenoxy) is 3. The summed E-state index contributed by atoms with van der Waals surface area (Å²) in [6.45, 7) is 3.99. The lowest BCUT2D eigenvalue weighted by molar-refractivity contribution is -0.130. The number of carbonyl (C=O) groups excluding carboxylic acids is 1. The molecule has 0 aliphatic carbocycles. The van der Waals surface area contributed by atoms with Crippen LogP contribution >= 0.6 is 0 Å². The molecule has 1 saturated heterocycles. The summed E-state index contributed by atoms with van der Waals surface area (Å²) in [6, 6.07) is 9.61. The molecule has 10 heteroatoms. The van der Waals surface area contributed by atoms with Crippen molar-refractivity contribution in [3.63, 3.8) is 0 Å². The Morgan fingerprint density at radius 3 is 2.50 bits per heavy atom. The fraction of sp³-hybridized carbons (Fsp3) is 0.333. The third kappa shape index (κ3) is 3.70. The number of hydrogen-bond acceptors (Lipinski definition) is 9. The SMILES string of the molecule is Nc1nc(N2CCN(C(=O)C3=CCCO3)CC2)c2nc(-c3ccc4c(c3)OCCO4)ccc2n1. The van der Waals surface area contributed by atoms with Gasteiger partial charge in [-0.15, -0.1) is 0 Å². The first-order valence-corrected chi connectivity index (χ1v) is 11.4. The summed E-state index contributed by atoms with van der Waals surface area (Å²) in [6.07, 6.45) is 2.64. The molecule has 0 saturated carbocycles. The summed E-state index contributed by atoms with van der Waals surface area (Å²) in [5, 5.41) is 0. The van der Waals surface area contributed by atoms with Gasteiger partial charge in [0.15, 0.2) is 23.1 Å². The van der Waals surface area contributed by atoms with E-state index in [0.29, 0.717) is 74.4 Å². The number of fused-ring (bicyclic) bond motifs is 2. The molecule has 2 N–H and O–H groups in total. The zero-order chi connectivity index (χ0) is 23.1. The molecule has 174 valence electrons. The highest BCUT2D eigenvalue weighted by molar-refractivity contribution is 5.92. The molecule has 1 fully saturated rings. The maximum Gasteiger partial charge on any atom is 0.288 e. The van der Waals surface area contributed by atoms with Crippen LogP contribution in [-0.2, 0) is 9.53 Å². The highest BCUT2D eigenvalue weighted by atomic mass is 16.6. The molecular weight excluding hydrogens is 436 g/mol. The van der Waals surface area contributed by atoms with Crippen molar-refractivity contribution in [1.29, 1.82) is 0 Å². The van der Waals surface area contributed by atoms with Gasteiger partial charge in [-0.25, -0.2) is 9.97 Å². The number of anilines is 2. The van der Waals surface area contributed by atoms with E-state index in [9.17, 15) is 4.79 Å². The number of pyridine rings is 1. The monoisotopic (exact) mass is 460 g/mol. The Balaban J connectivity index is 1.29. The number of carbonyl (C=O) groups is 1. The largest absolute Gasteiger partial charge is 0.488 e. The summed E-state index contributed by atoms with van der Waals surface area (Å²) in [5.41, 5.74) is 9.05. The van der Waals surface area contributed by atoms with Crippen LogP contribution in [0.15, 0.2) is 42.2 Å². The molecule has 10 nitrogen and oxygen atoms in total. The van der Waals surface area contributed by atoms with Gasteiger partial charge in [-0.2, -0.15) is 4.98 Å². The van der Waals surface area contributed by atoms with Gasteiger partial charge in [-0.05, 0) is 36.4 Å².